The van der Waals surface area contributed by atoms with Gasteiger partial charge in [0.05, 0.1) is 12.2 Å². The molecule has 1 aromatic rings. The van der Waals surface area contributed by atoms with Crippen molar-refractivity contribution in [3.05, 3.63) is 28.0 Å². The molecule has 0 amide bonds. The fraction of sp³-hybridized carbons (Fsp3) is 0.375. The molecule has 1 N–H and O–H groups in total. The van der Waals surface area contributed by atoms with Crippen LogP contribution < -0.4 is 0 Å². The van der Waals surface area contributed by atoms with E-state index in [1.165, 1.54) is 6.07 Å². The normalized spacial score (nSPS) is 10.9. The fourth-order valence-corrected chi connectivity index (χ4v) is 1.21. The topological polar surface area (TPSA) is 33.1 Å². The van der Waals surface area contributed by atoms with Gasteiger partial charge in [-0.15, -0.1) is 0 Å². The lowest BCUT2D eigenvalue weighted by Crippen LogP contribution is -1.98. The highest BCUT2D eigenvalue weighted by atomic mass is 35.5. The molecule has 0 aliphatic rings. The van der Waals surface area contributed by atoms with E-state index in [-0.39, 0.29) is 17.3 Å². The third-order valence-corrected chi connectivity index (χ3v) is 2.01. The molecular weight excluding hydrogens is 200 g/mol. The maximum atomic E-state index is 12.3. The van der Waals surface area contributed by atoms with Crippen molar-refractivity contribution in [3.63, 3.8) is 0 Å². The number of nitrogens with zero attached hydrogens (tertiary/aromatic N) is 1. The van der Waals surface area contributed by atoms with Crippen LogP contribution in [0.3, 0.4) is 0 Å². The lowest BCUT2D eigenvalue weighted by molar-refractivity contribution is 0.150. The number of aromatic nitrogens is 1. The second-order valence-electron chi connectivity index (χ2n) is 2.57. The molecule has 2 nitrogen and oxygen atoms in total. The molecule has 0 aliphatic carbocycles. The minimum atomic E-state index is -2.66. The first kappa shape index (κ1) is 10.3. The second-order valence-corrected chi connectivity index (χ2v) is 2.93. The maximum absolute atomic E-state index is 12.3. The Bertz CT molecular complexity index is 317. The third-order valence-electron chi connectivity index (χ3n) is 1.70. The van der Waals surface area contributed by atoms with Crippen LogP contribution in [-0.2, 0) is 6.61 Å². The summed E-state index contributed by atoms with van der Waals surface area (Å²) in [6.45, 7) is 1.29. The summed E-state index contributed by atoms with van der Waals surface area (Å²) in [5.41, 5.74) is 0.507. The van der Waals surface area contributed by atoms with E-state index in [0.717, 1.165) is 0 Å². The summed E-state index contributed by atoms with van der Waals surface area (Å²) in [6.07, 6.45) is -2.66. The molecule has 1 aromatic heterocycles. The summed E-state index contributed by atoms with van der Waals surface area (Å²) in [5, 5.41) is 8.58. The van der Waals surface area contributed by atoms with Crippen molar-refractivity contribution in [1.29, 1.82) is 0 Å². The van der Waals surface area contributed by atoms with Crippen molar-refractivity contribution in [2.75, 3.05) is 0 Å². The first-order valence-electron chi connectivity index (χ1n) is 3.61. The van der Waals surface area contributed by atoms with Gasteiger partial charge >= 0.3 is 0 Å². The number of alkyl halides is 2. The molecule has 5 heteroatoms. The Labute approximate surface area is 79.2 Å². The second kappa shape index (κ2) is 3.98. The quantitative estimate of drug-likeness (QED) is 0.756. The van der Waals surface area contributed by atoms with Gasteiger partial charge in [-0.05, 0) is 18.6 Å². The average molecular weight is 208 g/mol. The van der Waals surface area contributed by atoms with Crippen molar-refractivity contribution >= 4 is 11.6 Å². The summed E-state index contributed by atoms with van der Waals surface area (Å²) >= 11 is 5.48. The van der Waals surface area contributed by atoms with Gasteiger partial charge in [-0.2, -0.15) is 0 Å². The van der Waals surface area contributed by atoms with Crippen molar-refractivity contribution < 1.29 is 13.9 Å². The largest absolute Gasteiger partial charge is 0.392 e. The Kier molecular flexibility index (Phi) is 3.17. The number of aliphatic hydroxyl groups excluding tert-OH is 1. The van der Waals surface area contributed by atoms with E-state index in [1.807, 2.05) is 0 Å². The summed E-state index contributed by atoms with van der Waals surface area (Å²) in [5.74, 6) is 0. The van der Waals surface area contributed by atoms with Gasteiger partial charge in [0.1, 0.15) is 5.15 Å². The summed E-state index contributed by atoms with van der Waals surface area (Å²) in [4.78, 5) is 3.69. The summed E-state index contributed by atoms with van der Waals surface area (Å²) < 4.78 is 24.5. The van der Waals surface area contributed by atoms with Gasteiger partial charge < -0.3 is 5.11 Å². The standard InChI is InChI=1S/C8H8ClF2NO/c1-4-5(3-13)2-6(8(10)11)7(9)12-4/h2,8,13H,3H2,1H3. The lowest BCUT2D eigenvalue weighted by Gasteiger charge is -2.07. The Morgan fingerprint density at radius 2 is 2.23 bits per heavy atom. The van der Waals surface area contributed by atoms with E-state index in [4.69, 9.17) is 16.7 Å². The van der Waals surface area contributed by atoms with E-state index in [9.17, 15) is 8.78 Å². The SMILES string of the molecule is Cc1nc(Cl)c(C(F)F)cc1CO. The van der Waals surface area contributed by atoms with Gasteiger partial charge in [0, 0.05) is 5.69 Å². The Hall–Kier alpha value is -0.740. The number of hydrogen-bond acceptors (Lipinski definition) is 2. The zero-order chi connectivity index (χ0) is 10.0. The van der Waals surface area contributed by atoms with Crippen LogP contribution in [0.1, 0.15) is 23.2 Å². The highest BCUT2D eigenvalue weighted by Crippen LogP contribution is 2.27. The molecule has 0 spiro atoms. The van der Waals surface area contributed by atoms with E-state index in [2.05, 4.69) is 4.98 Å². The summed E-state index contributed by atoms with van der Waals surface area (Å²) in [7, 11) is 0. The molecule has 0 aromatic carbocycles. The Balaban J connectivity index is 3.22. The van der Waals surface area contributed by atoms with Crippen LogP contribution in [0, 0.1) is 6.92 Å². The number of pyridine rings is 1. The molecule has 0 unspecified atom stereocenters. The minimum absolute atomic E-state index is 0.204. The molecule has 0 fully saturated rings. The Morgan fingerprint density at radius 3 is 2.69 bits per heavy atom. The zero-order valence-electron chi connectivity index (χ0n) is 6.89. The number of hydrogen-bond donors (Lipinski definition) is 1. The average Bonchev–Trinajstić information content (AvgIpc) is 2.03. The number of aliphatic hydroxyl groups is 1. The summed E-state index contributed by atoms with van der Waals surface area (Å²) in [6, 6.07) is 1.18. The van der Waals surface area contributed by atoms with Crippen molar-refractivity contribution in [2.45, 2.75) is 20.0 Å². The van der Waals surface area contributed by atoms with E-state index < -0.39 is 6.43 Å². The van der Waals surface area contributed by atoms with Crippen molar-refractivity contribution in [3.8, 4) is 0 Å². The van der Waals surface area contributed by atoms with Crippen LogP contribution in [-0.4, -0.2) is 10.1 Å². The van der Waals surface area contributed by atoms with Crippen LogP contribution in [0.2, 0.25) is 5.15 Å². The van der Waals surface area contributed by atoms with Crippen molar-refractivity contribution in [2.24, 2.45) is 0 Å². The van der Waals surface area contributed by atoms with Crippen LogP contribution in [0.4, 0.5) is 8.78 Å². The van der Waals surface area contributed by atoms with E-state index in [0.29, 0.717) is 11.3 Å². The third kappa shape index (κ3) is 2.14. The molecule has 0 radical (unpaired) electrons. The molecule has 1 rings (SSSR count). The molecule has 0 saturated heterocycles. The smallest absolute Gasteiger partial charge is 0.266 e. The highest BCUT2D eigenvalue weighted by molar-refractivity contribution is 6.30. The number of halogens is 3. The Morgan fingerprint density at radius 1 is 1.62 bits per heavy atom. The van der Waals surface area contributed by atoms with Gasteiger partial charge in [0.2, 0.25) is 0 Å². The maximum Gasteiger partial charge on any atom is 0.266 e. The van der Waals surface area contributed by atoms with E-state index in [1.54, 1.807) is 6.92 Å². The van der Waals surface area contributed by atoms with Gasteiger partial charge in [-0.1, -0.05) is 11.6 Å². The minimum Gasteiger partial charge on any atom is -0.392 e. The lowest BCUT2D eigenvalue weighted by atomic mass is 10.1. The predicted octanol–water partition coefficient (Wildman–Crippen LogP) is 2.47. The van der Waals surface area contributed by atoms with Crippen LogP contribution >= 0.6 is 11.6 Å². The monoisotopic (exact) mass is 207 g/mol. The fourth-order valence-electron chi connectivity index (χ4n) is 0.948. The van der Waals surface area contributed by atoms with Gasteiger partial charge in [0.25, 0.3) is 6.43 Å². The van der Waals surface area contributed by atoms with Gasteiger partial charge in [-0.25, -0.2) is 13.8 Å². The van der Waals surface area contributed by atoms with E-state index >= 15 is 0 Å². The van der Waals surface area contributed by atoms with Crippen LogP contribution in [0.5, 0.6) is 0 Å². The van der Waals surface area contributed by atoms with Crippen LogP contribution in [0.25, 0.3) is 0 Å². The molecule has 0 aliphatic heterocycles. The first-order chi connectivity index (χ1) is 6.06. The molecule has 13 heavy (non-hydrogen) atoms. The zero-order valence-corrected chi connectivity index (χ0v) is 7.65. The first-order valence-corrected chi connectivity index (χ1v) is 3.99. The van der Waals surface area contributed by atoms with Crippen molar-refractivity contribution in [1.82, 2.24) is 4.98 Å². The predicted molar refractivity (Wildman–Crippen MR) is 44.9 cm³/mol. The van der Waals surface area contributed by atoms with Gasteiger partial charge in [0.15, 0.2) is 0 Å². The molecule has 0 saturated carbocycles. The number of aryl methyl sites for hydroxylation is 1. The van der Waals surface area contributed by atoms with Gasteiger partial charge in [-0.3, -0.25) is 0 Å². The molecular formula is C8H8ClF2NO. The highest BCUT2D eigenvalue weighted by Gasteiger charge is 2.15. The molecule has 1 heterocycles. The molecule has 0 bridgehead atoms. The molecule has 0 atom stereocenters. The molecule has 72 valence electrons. The number of rotatable bonds is 2. The van der Waals surface area contributed by atoms with Crippen LogP contribution in [0.15, 0.2) is 6.07 Å².